The molecule has 94 valence electrons. The summed E-state index contributed by atoms with van der Waals surface area (Å²) in [5, 5.41) is 17.9. The summed E-state index contributed by atoms with van der Waals surface area (Å²) in [6.07, 6.45) is 3.62. The zero-order valence-corrected chi connectivity index (χ0v) is 9.80. The number of nitrogens with zero attached hydrogens (tertiary/aromatic N) is 2. The van der Waals surface area contributed by atoms with Gasteiger partial charge >= 0.3 is 12.0 Å². The molecule has 0 saturated heterocycles. The molecule has 1 atom stereocenters. The van der Waals surface area contributed by atoms with Gasteiger partial charge in [-0.05, 0) is 6.42 Å². The van der Waals surface area contributed by atoms with Crippen molar-refractivity contribution < 1.29 is 14.7 Å². The summed E-state index contributed by atoms with van der Waals surface area (Å²) in [5.74, 6) is -1.01. The summed E-state index contributed by atoms with van der Waals surface area (Å²) >= 11 is 0. The van der Waals surface area contributed by atoms with E-state index in [9.17, 15) is 9.59 Å². The number of aromatic nitrogens is 2. The number of urea groups is 1. The minimum atomic E-state index is -1.01. The molecule has 3 N–H and O–H groups in total. The lowest BCUT2D eigenvalue weighted by molar-refractivity contribution is -0.141. The second kappa shape index (κ2) is 5.88. The fourth-order valence-corrected chi connectivity index (χ4v) is 1.43. The van der Waals surface area contributed by atoms with Gasteiger partial charge < -0.3 is 15.3 Å². The number of carboxylic acid groups (broad SMARTS) is 1. The third-order valence-corrected chi connectivity index (χ3v) is 2.46. The van der Waals surface area contributed by atoms with Crippen molar-refractivity contribution in [3.8, 4) is 0 Å². The standard InChI is InChI=1S/C10H16N4O3/c1-3-8(9(15)16)14(2)10(17)11-4-7-5-12-13-6-7/h5-6,8H,3-4H2,1-2H3,(H,11,17)(H,12,13)(H,15,16). The Hall–Kier alpha value is -2.05. The zero-order chi connectivity index (χ0) is 12.8. The van der Waals surface area contributed by atoms with E-state index >= 15 is 0 Å². The van der Waals surface area contributed by atoms with Crippen LogP contribution in [0.5, 0.6) is 0 Å². The fraction of sp³-hybridized carbons (Fsp3) is 0.500. The van der Waals surface area contributed by atoms with Crippen molar-refractivity contribution in [2.75, 3.05) is 7.05 Å². The molecule has 0 bridgehead atoms. The van der Waals surface area contributed by atoms with Crippen molar-refractivity contribution in [3.05, 3.63) is 18.0 Å². The lowest BCUT2D eigenvalue weighted by atomic mass is 10.2. The lowest BCUT2D eigenvalue weighted by Crippen LogP contribution is -2.46. The Morgan fingerprint density at radius 1 is 1.65 bits per heavy atom. The number of likely N-dealkylation sites (N-methyl/N-ethyl adjacent to an activating group) is 1. The van der Waals surface area contributed by atoms with Gasteiger partial charge in [-0.15, -0.1) is 0 Å². The van der Waals surface area contributed by atoms with Crippen molar-refractivity contribution >= 4 is 12.0 Å². The number of H-pyrrole nitrogens is 1. The monoisotopic (exact) mass is 240 g/mol. The Kier molecular flexibility index (Phi) is 4.50. The van der Waals surface area contributed by atoms with Crippen molar-refractivity contribution in [3.63, 3.8) is 0 Å². The molecule has 7 heteroatoms. The fourth-order valence-electron chi connectivity index (χ4n) is 1.43. The van der Waals surface area contributed by atoms with Crippen LogP contribution in [0, 0.1) is 0 Å². The SMILES string of the molecule is CCC(C(=O)O)N(C)C(=O)NCc1cn[nH]c1. The van der Waals surface area contributed by atoms with Crippen LogP contribution in [0.3, 0.4) is 0 Å². The number of aromatic amines is 1. The predicted molar refractivity (Wildman–Crippen MR) is 60.3 cm³/mol. The molecule has 0 fully saturated rings. The molecule has 1 unspecified atom stereocenters. The molecule has 0 aliphatic rings. The maximum atomic E-state index is 11.7. The van der Waals surface area contributed by atoms with Gasteiger partial charge in [-0.2, -0.15) is 5.10 Å². The Balaban J connectivity index is 2.49. The molecule has 1 heterocycles. The number of carboxylic acids is 1. The molecule has 17 heavy (non-hydrogen) atoms. The molecule has 1 aromatic heterocycles. The summed E-state index contributed by atoms with van der Waals surface area (Å²) in [4.78, 5) is 23.7. The number of hydrogen-bond donors (Lipinski definition) is 3. The van der Waals surface area contributed by atoms with Crippen LogP contribution in [-0.2, 0) is 11.3 Å². The number of rotatable bonds is 5. The van der Waals surface area contributed by atoms with Crippen LogP contribution < -0.4 is 5.32 Å². The van der Waals surface area contributed by atoms with Crippen LogP contribution in [0.2, 0.25) is 0 Å². The average Bonchev–Trinajstić information content (AvgIpc) is 2.78. The Bertz CT molecular complexity index is 377. The molecule has 0 spiro atoms. The first-order chi connectivity index (χ1) is 8.06. The number of nitrogens with one attached hydrogen (secondary N) is 2. The lowest BCUT2D eigenvalue weighted by Gasteiger charge is -2.23. The average molecular weight is 240 g/mol. The van der Waals surface area contributed by atoms with Gasteiger partial charge in [0.2, 0.25) is 0 Å². The maximum absolute atomic E-state index is 11.7. The molecule has 1 rings (SSSR count). The maximum Gasteiger partial charge on any atom is 0.326 e. The van der Waals surface area contributed by atoms with Gasteiger partial charge in [0.05, 0.1) is 6.20 Å². The van der Waals surface area contributed by atoms with Gasteiger partial charge in [-0.3, -0.25) is 5.10 Å². The topological polar surface area (TPSA) is 98.3 Å². The van der Waals surface area contributed by atoms with E-state index in [1.165, 1.54) is 11.9 Å². The van der Waals surface area contributed by atoms with Gasteiger partial charge in [0.15, 0.2) is 0 Å². The summed E-state index contributed by atoms with van der Waals surface area (Å²) in [7, 11) is 1.47. The van der Waals surface area contributed by atoms with Gasteiger partial charge in [-0.25, -0.2) is 9.59 Å². The van der Waals surface area contributed by atoms with Crippen LogP contribution in [0.15, 0.2) is 12.4 Å². The summed E-state index contributed by atoms with van der Waals surface area (Å²) in [5.41, 5.74) is 0.829. The van der Waals surface area contributed by atoms with Crippen LogP contribution in [0.25, 0.3) is 0 Å². The molecule has 2 amide bonds. The molecule has 0 aliphatic heterocycles. The number of aliphatic carboxylic acids is 1. The van der Waals surface area contributed by atoms with Crippen LogP contribution in [-0.4, -0.2) is 45.3 Å². The van der Waals surface area contributed by atoms with Crippen molar-refractivity contribution in [1.82, 2.24) is 20.4 Å². The highest BCUT2D eigenvalue weighted by atomic mass is 16.4. The second-order valence-electron chi connectivity index (χ2n) is 3.64. The van der Waals surface area contributed by atoms with Gasteiger partial charge in [0, 0.05) is 25.4 Å². The summed E-state index contributed by atoms with van der Waals surface area (Å²) in [6, 6.07) is -1.22. The first kappa shape index (κ1) is 13.0. The molecule has 1 aromatic rings. The number of carbonyl (C=O) groups is 2. The van der Waals surface area contributed by atoms with Crippen molar-refractivity contribution in [2.24, 2.45) is 0 Å². The largest absolute Gasteiger partial charge is 0.480 e. The predicted octanol–water partition coefficient (Wildman–Crippen LogP) is 0.414. The molecular formula is C10H16N4O3. The van der Waals surface area contributed by atoms with Crippen LogP contribution in [0.1, 0.15) is 18.9 Å². The van der Waals surface area contributed by atoms with E-state index in [1.54, 1.807) is 19.3 Å². The quantitative estimate of drug-likeness (QED) is 0.694. The first-order valence-electron chi connectivity index (χ1n) is 5.27. The van der Waals surface area contributed by atoms with E-state index in [2.05, 4.69) is 15.5 Å². The zero-order valence-electron chi connectivity index (χ0n) is 9.80. The van der Waals surface area contributed by atoms with E-state index in [4.69, 9.17) is 5.11 Å². The Morgan fingerprint density at radius 3 is 2.82 bits per heavy atom. The molecule has 0 aromatic carbocycles. The van der Waals surface area contributed by atoms with E-state index in [-0.39, 0.29) is 0 Å². The Labute approximate surface area is 98.8 Å². The first-order valence-corrected chi connectivity index (χ1v) is 5.27. The van der Waals surface area contributed by atoms with Gasteiger partial charge in [0.1, 0.15) is 6.04 Å². The minimum absolute atomic E-state index is 0.315. The highest BCUT2D eigenvalue weighted by molar-refractivity contribution is 5.82. The number of hydrogen-bond acceptors (Lipinski definition) is 3. The van der Waals surface area contributed by atoms with E-state index in [0.29, 0.717) is 13.0 Å². The molecule has 7 nitrogen and oxygen atoms in total. The summed E-state index contributed by atoms with van der Waals surface area (Å²) < 4.78 is 0. The second-order valence-corrected chi connectivity index (χ2v) is 3.64. The Morgan fingerprint density at radius 2 is 2.35 bits per heavy atom. The van der Waals surface area contributed by atoms with E-state index < -0.39 is 18.0 Å². The van der Waals surface area contributed by atoms with Crippen LogP contribution in [0.4, 0.5) is 4.79 Å². The number of carbonyl (C=O) groups excluding carboxylic acids is 1. The molecule has 0 saturated carbocycles. The third-order valence-electron chi connectivity index (χ3n) is 2.46. The van der Waals surface area contributed by atoms with E-state index in [0.717, 1.165) is 5.56 Å². The smallest absolute Gasteiger partial charge is 0.326 e. The normalized spacial score (nSPS) is 11.9. The van der Waals surface area contributed by atoms with Gasteiger partial charge in [-0.1, -0.05) is 6.92 Å². The summed E-state index contributed by atoms with van der Waals surface area (Å²) in [6.45, 7) is 2.04. The molecule has 0 radical (unpaired) electrons. The highest BCUT2D eigenvalue weighted by Crippen LogP contribution is 2.03. The van der Waals surface area contributed by atoms with Crippen molar-refractivity contribution in [2.45, 2.75) is 25.9 Å². The van der Waals surface area contributed by atoms with Gasteiger partial charge in [0.25, 0.3) is 0 Å². The molecule has 0 aliphatic carbocycles. The van der Waals surface area contributed by atoms with Crippen LogP contribution >= 0.6 is 0 Å². The molecular weight excluding hydrogens is 224 g/mol. The van der Waals surface area contributed by atoms with E-state index in [1.807, 2.05) is 0 Å². The van der Waals surface area contributed by atoms with Crippen molar-refractivity contribution in [1.29, 1.82) is 0 Å². The minimum Gasteiger partial charge on any atom is -0.480 e. The highest BCUT2D eigenvalue weighted by Gasteiger charge is 2.24. The number of amides is 2. The third kappa shape index (κ3) is 3.47.